The summed E-state index contributed by atoms with van der Waals surface area (Å²) in [6.45, 7) is 1.28. The summed E-state index contributed by atoms with van der Waals surface area (Å²) in [5.41, 5.74) is 0.356. The zero-order valence-corrected chi connectivity index (χ0v) is 7.27. The Bertz CT molecular complexity index is 290. The second kappa shape index (κ2) is 3.18. The predicted octanol–water partition coefficient (Wildman–Crippen LogP) is 0.145. The minimum Gasteiger partial charge on any atom is -0.378 e. The summed E-state index contributed by atoms with van der Waals surface area (Å²) < 4.78 is 9.62. The van der Waals surface area contributed by atoms with Gasteiger partial charge < -0.3 is 14.2 Å². The summed E-state index contributed by atoms with van der Waals surface area (Å²) in [7, 11) is 1.64. The summed E-state index contributed by atoms with van der Waals surface area (Å²) in [6, 6.07) is 1.56. The molecule has 0 aromatic carbocycles. The lowest BCUT2D eigenvalue weighted by atomic mass is 10.1. The SMILES string of the molecule is COC1CN(C(=O)c2ccon2)C1. The highest BCUT2D eigenvalue weighted by Gasteiger charge is 2.31. The normalized spacial score (nSPS) is 17.2. The molecule has 1 fully saturated rings. The molecule has 0 bridgehead atoms. The molecule has 0 spiro atoms. The number of nitrogens with zero attached hydrogens (tertiary/aromatic N) is 2. The molecule has 1 aromatic rings. The van der Waals surface area contributed by atoms with Crippen molar-refractivity contribution in [3.05, 3.63) is 18.0 Å². The Morgan fingerprint density at radius 1 is 1.77 bits per heavy atom. The van der Waals surface area contributed by atoms with Crippen molar-refractivity contribution in [3.8, 4) is 0 Å². The van der Waals surface area contributed by atoms with E-state index in [-0.39, 0.29) is 12.0 Å². The van der Waals surface area contributed by atoms with E-state index < -0.39 is 0 Å². The molecule has 0 saturated carbocycles. The number of carbonyl (C=O) groups is 1. The fraction of sp³-hybridized carbons (Fsp3) is 0.500. The van der Waals surface area contributed by atoms with Crippen molar-refractivity contribution in [1.82, 2.24) is 10.1 Å². The van der Waals surface area contributed by atoms with Gasteiger partial charge in [-0.2, -0.15) is 0 Å². The fourth-order valence-electron chi connectivity index (χ4n) is 1.24. The highest BCUT2D eigenvalue weighted by Crippen LogP contribution is 2.13. The van der Waals surface area contributed by atoms with Gasteiger partial charge >= 0.3 is 0 Å². The van der Waals surface area contributed by atoms with Crippen molar-refractivity contribution in [2.75, 3.05) is 20.2 Å². The molecule has 0 aliphatic carbocycles. The number of hydrogen-bond acceptors (Lipinski definition) is 4. The van der Waals surface area contributed by atoms with Gasteiger partial charge in [0, 0.05) is 26.3 Å². The van der Waals surface area contributed by atoms with Crippen LogP contribution in [0.25, 0.3) is 0 Å². The molecular formula is C8H10N2O3. The maximum atomic E-state index is 11.5. The lowest BCUT2D eigenvalue weighted by molar-refractivity contribution is -0.0196. The van der Waals surface area contributed by atoms with Crippen LogP contribution in [0, 0.1) is 0 Å². The molecule has 5 heteroatoms. The number of methoxy groups -OCH3 is 1. The number of rotatable bonds is 2. The molecule has 13 heavy (non-hydrogen) atoms. The van der Waals surface area contributed by atoms with E-state index in [1.54, 1.807) is 18.1 Å². The minimum absolute atomic E-state index is 0.0953. The van der Waals surface area contributed by atoms with Crippen LogP contribution in [0.1, 0.15) is 10.5 Å². The summed E-state index contributed by atoms with van der Waals surface area (Å²) in [6.07, 6.45) is 1.57. The number of aromatic nitrogens is 1. The van der Waals surface area contributed by atoms with E-state index in [4.69, 9.17) is 4.74 Å². The third-order valence-corrected chi connectivity index (χ3v) is 2.13. The van der Waals surface area contributed by atoms with Crippen molar-refractivity contribution >= 4 is 5.91 Å². The van der Waals surface area contributed by atoms with Gasteiger partial charge in [0.1, 0.15) is 6.26 Å². The Labute approximate surface area is 75.3 Å². The number of carbonyl (C=O) groups excluding carboxylic acids is 1. The Hall–Kier alpha value is -1.36. The molecule has 0 radical (unpaired) electrons. The molecule has 2 heterocycles. The van der Waals surface area contributed by atoms with Crippen molar-refractivity contribution < 1.29 is 14.1 Å². The van der Waals surface area contributed by atoms with Crippen molar-refractivity contribution in [1.29, 1.82) is 0 Å². The number of likely N-dealkylation sites (tertiary alicyclic amines) is 1. The molecule has 70 valence electrons. The summed E-state index contributed by atoms with van der Waals surface area (Å²) in [5.74, 6) is -0.0953. The minimum atomic E-state index is -0.0953. The topological polar surface area (TPSA) is 55.6 Å². The monoisotopic (exact) mass is 182 g/mol. The lowest BCUT2D eigenvalue weighted by Gasteiger charge is -2.37. The molecule has 2 rings (SSSR count). The van der Waals surface area contributed by atoms with Gasteiger partial charge in [-0.1, -0.05) is 5.16 Å². The van der Waals surface area contributed by atoms with Crippen molar-refractivity contribution in [2.24, 2.45) is 0 Å². The van der Waals surface area contributed by atoms with E-state index in [0.29, 0.717) is 18.8 Å². The zero-order valence-electron chi connectivity index (χ0n) is 7.27. The summed E-state index contributed by atoms with van der Waals surface area (Å²) in [4.78, 5) is 13.2. The Kier molecular flexibility index (Phi) is 2.02. The van der Waals surface area contributed by atoms with Gasteiger partial charge in [-0.3, -0.25) is 4.79 Å². The predicted molar refractivity (Wildman–Crippen MR) is 43.2 cm³/mol. The maximum absolute atomic E-state index is 11.5. The average molecular weight is 182 g/mol. The van der Waals surface area contributed by atoms with Crippen LogP contribution < -0.4 is 0 Å². The van der Waals surface area contributed by atoms with Crippen LogP contribution in [-0.4, -0.2) is 42.3 Å². The Morgan fingerprint density at radius 2 is 2.54 bits per heavy atom. The molecule has 1 aromatic heterocycles. The summed E-state index contributed by atoms with van der Waals surface area (Å²) >= 11 is 0. The summed E-state index contributed by atoms with van der Waals surface area (Å²) in [5, 5.41) is 3.56. The third-order valence-electron chi connectivity index (χ3n) is 2.13. The third kappa shape index (κ3) is 1.42. The van der Waals surface area contributed by atoms with Gasteiger partial charge in [0.15, 0.2) is 5.69 Å². The number of hydrogen-bond donors (Lipinski definition) is 0. The van der Waals surface area contributed by atoms with Gasteiger partial charge in [-0.25, -0.2) is 0 Å². The Balaban J connectivity index is 1.94. The van der Waals surface area contributed by atoms with Crippen LogP contribution in [-0.2, 0) is 4.74 Å². The molecule has 1 aliphatic rings. The van der Waals surface area contributed by atoms with E-state index in [0.717, 1.165) is 0 Å². The molecule has 5 nitrogen and oxygen atoms in total. The van der Waals surface area contributed by atoms with Crippen LogP contribution >= 0.6 is 0 Å². The lowest BCUT2D eigenvalue weighted by Crippen LogP contribution is -2.54. The van der Waals surface area contributed by atoms with Gasteiger partial charge in [0.2, 0.25) is 0 Å². The highest BCUT2D eigenvalue weighted by atomic mass is 16.5. The molecule has 1 saturated heterocycles. The largest absolute Gasteiger partial charge is 0.378 e. The molecule has 0 atom stereocenters. The number of ether oxygens (including phenoxy) is 1. The molecular weight excluding hydrogens is 172 g/mol. The molecule has 1 aliphatic heterocycles. The van der Waals surface area contributed by atoms with Crippen LogP contribution in [0.15, 0.2) is 16.9 Å². The van der Waals surface area contributed by atoms with E-state index >= 15 is 0 Å². The van der Waals surface area contributed by atoms with Crippen LogP contribution in [0.4, 0.5) is 0 Å². The van der Waals surface area contributed by atoms with E-state index in [9.17, 15) is 4.79 Å². The highest BCUT2D eigenvalue weighted by molar-refractivity contribution is 5.92. The van der Waals surface area contributed by atoms with E-state index in [1.165, 1.54) is 6.26 Å². The molecule has 0 unspecified atom stereocenters. The fourth-order valence-corrected chi connectivity index (χ4v) is 1.24. The van der Waals surface area contributed by atoms with Gasteiger partial charge in [0.05, 0.1) is 6.10 Å². The van der Waals surface area contributed by atoms with Crippen LogP contribution in [0.5, 0.6) is 0 Å². The zero-order chi connectivity index (χ0) is 9.26. The second-order valence-corrected chi connectivity index (χ2v) is 2.95. The maximum Gasteiger partial charge on any atom is 0.276 e. The second-order valence-electron chi connectivity index (χ2n) is 2.95. The van der Waals surface area contributed by atoms with Gasteiger partial charge in [-0.15, -0.1) is 0 Å². The average Bonchev–Trinajstić information content (AvgIpc) is 2.53. The molecule has 1 amide bonds. The first-order chi connectivity index (χ1) is 6.31. The van der Waals surface area contributed by atoms with Gasteiger partial charge in [0.25, 0.3) is 5.91 Å². The first kappa shape index (κ1) is 8.25. The van der Waals surface area contributed by atoms with Crippen LogP contribution in [0.3, 0.4) is 0 Å². The van der Waals surface area contributed by atoms with E-state index in [1.807, 2.05) is 0 Å². The number of amides is 1. The van der Waals surface area contributed by atoms with Crippen molar-refractivity contribution in [3.63, 3.8) is 0 Å². The standard InChI is InChI=1S/C8H10N2O3/c1-12-6-4-10(5-6)8(11)7-2-3-13-9-7/h2-3,6H,4-5H2,1H3. The van der Waals surface area contributed by atoms with E-state index in [2.05, 4.69) is 9.68 Å². The first-order valence-corrected chi connectivity index (χ1v) is 4.03. The van der Waals surface area contributed by atoms with Crippen LogP contribution in [0.2, 0.25) is 0 Å². The molecule has 0 N–H and O–H groups in total. The van der Waals surface area contributed by atoms with Gasteiger partial charge in [-0.05, 0) is 0 Å². The first-order valence-electron chi connectivity index (χ1n) is 4.03. The van der Waals surface area contributed by atoms with Crippen molar-refractivity contribution in [2.45, 2.75) is 6.10 Å². The Morgan fingerprint density at radius 3 is 3.08 bits per heavy atom. The quantitative estimate of drug-likeness (QED) is 0.653. The smallest absolute Gasteiger partial charge is 0.276 e.